The van der Waals surface area contributed by atoms with Gasteiger partial charge in [0.1, 0.15) is 5.82 Å². The number of nitrogens with zero attached hydrogens (tertiary/aromatic N) is 2. The molecule has 0 spiro atoms. The lowest BCUT2D eigenvalue weighted by molar-refractivity contribution is -0.140. The van der Waals surface area contributed by atoms with Crippen molar-refractivity contribution in [2.24, 2.45) is 5.92 Å². The molecule has 2 unspecified atom stereocenters. The number of halogens is 1. The van der Waals surface area contributed by atoms with E-state index in [-0.39, 0.29) is 5.92 Å². The molecule has 1 saturated carbocycles. The summed E-state index contributed by atoms with van der Waals surface area (Å²) in [4.78, 5) is 16.4. The molecule has 3 rings (SSSR count). The number of benzene rings is 1. The third kappa shape index (κ3) is 5.01. The van der Waals surface area contributed by atoms with Gasteiger partial charge in [0.2, 0.25) is 0 Å². The molecule has 29 heavy (non-hydrogen) atoms. The van der Waals surface area contributed by atoms with Crippen molar-refractivity contribution >= 4 is 17.6 Å². The normalized spacial score (nSPS) is 16.8. The maximum Gasteiger partial charge on any atom is 0.311 e. The van der Waals surface area contributed by atoms with Crippen LogP contribution in [0.15, 0.2) is 24.3 Å². The number of aryl methyl sites for hydroxylation is 1. The minimum Gasteiger partial charge on any atom is -0.481 e. The lowest BCUT2D eigenvalue weighted by atomic mass is 9.84. The molecule has 1 aliphatic carbocycles. The van der Waals surface area contributed by atoms with E-state index in [0.29, 0.717) is 17.4 Å². The second-order valence-corrected chi connectivity index (χ2v) is 8.53. The van der Waals surface area contributed by atoms with Crippen LogP contribution < -0.4 is 0 Å². The van der Waals surface area contributed by atoms with E-state index in [0.717, 1.165) is 61.9 Å². The highest BCUT2D eigenvalue weighted by atomic mass is 35.5. The number of aliphatic hydroxyl groups is 1. The summed E-state index contributed by atoms with van der Waals surface area (Å²) in [7, 11) is 0. The Kier molecular flexibility index (Phi) is 7.36. The van der Waals surface area contributed by atoms with Gasteiger partial charge in [-0.3, -0.25) is 4.79 Å². The van der Waals surface area contributed by atoms with Gasteiger partial charge >= 0.3 is 5.97 Å². The Morgan fingerprint density at radius 2 is 1.93 bits per heavy atom. The van der Waals surface area contributed by atoms with Crippen molar-refractivity contribution < 1.29 is 15.0 Å². The minimum atomic E-state index is -0.732. The number of aromatic nitrogens is 2. The predicted molar refractivity (Wildman–Crippen MR) is 114 cm³/mol. The molecule has 0 saturated heterocycles. The first-order valence-corrected chi connectivity index (χ1v) is 11.0. The highest BCUT2D eigenvalue weighted by Crippen LogP contribution is 2.37. The number of imidazole rings is 1. The van der Waals surface area contributed by atoms with Gasteiger partial charge in [0, 0.05) is 13.0 Å². The Balaban J connectivity index is 1.84. The predicted octanol–water partition coefficient (Wildman–Crippen LogP) is 5.34. The average Bonchev–Trinajstić information content (AvgIpc) is 3.29. The molecule has 6 heteroatoms. The highest BCUT2D eigenvalue weighted by Gasteiger charge is 2.31. The van der Waals surface area contributed by atoms with E-state index in [4.69, 9.17) is 11.6 Å². The molecule has 0 aliphatic heterocycles. The Morgan fingerprint density at radius 3 is 2.48 bits per heavy atom. The van der Waals surface area contributed by atoms with E-state index in [9.17, 15) is 15.0 Å². The summed E-state index contributed by atoms with van der Waals surface area (Å²) >= 11 is 6.31. The fourth-order valence-electron chi connectivity index (χ4n) is 4.50. The zero-order chi connectivity index (χ0) is 21.0. The third-order valence-electron chi connectivity index (χ3n) is 6.01. The van der Waals surface area contributed by atoms with Crippen LogP contribution in [0.3, 0.4) is 0 Å². The first-order chi connectivity index (χ1) is 13.9. The van der Waals surface area contributed by atoms with Crippen molar-refractivity contribution in [3.05, 3.63) is 52.1 Å². The quantitative estimate of drug-likeness (QED) is 0.576. The number of aliphatic hydroxyl groups excluding tert-OH is 1. The lowest BCUT2D eigenvalue weighted by Gasteiger charge is -2.20. The maximum atomic E-state index is 11.9. The Hall–Kier alpha value is -1.85. The molecule has 0 radical (unpaired) electrons. The van der Waals surface area contributed by atoms with E-state index in [2.05, 4.69) is 11.9 Å². The second-order valence-electron chi connectivity index (χ2n) is 8.17. The van der Waals surface area contributed by atoms with Gasteiger partial charge in [-0.05, 0) is 43.2 Å². The minimum absolute atomic E-state index is 0.230. The van der Waals surface area contributed by atoms with Crippen LogP contribution in [0.5, 0.6) is 0 Å². The lowest BCUT2D eigenvalue weighted by Crippen LogP contribution is -2.19. The van der Waals surface area contributed by atoms with Crippen molar-refractivity contribution in [2.75, 3.05) is 0 Å². The van der Waals surface area contributed by atoms with E-state index >= 15 is 0 Å². The molecule has 2 N–H and O–H groups in total. The van der Waals surface area contributed by atoms with Crippen LogP contribution in [0, 0.1) is 5.92 Å². The van der Waals surface area contributed by atoms with Crippen LogP contribution in [0.25, 0.3) is 0 Å². The molecule has 1 aromatic heterocycles. The largest absolute Gasteiger partial charge is 0.481 e. The zero-order valence-corrected chi connectivity index (χ0v) is 18.0. The first kappa shape index (κ1) is 21.8. The number of carboxylic acid groups (broad SMARTS) is 1. The summed E-state index contributed by atoms with van der Waals surface area (Å²) in [5.74, 6) is -0.0499. The average molecular weight is 419 g/mol. The van der Waals surface area contributed by atoms with Gasteiger partial charge in [-0.15, -0.1) is 0 Å². The van der Waals surface area contributed by atoms with Gasteiger partial charge in [0.05, 0.1) is 17.7 Å². The summed E-state index contributed by atoms with van der Waals surface area (Å²) < 4.78 is 2.00. The van der Waals surface area contributed by atoms with E-state index in [1.54, 1.807) is 6.92 Å². The molecule has 1 fully saturated rings. The molecule has 158 valence electrons. The summed E-state index contributed by atoms with van der Waals surface area (Å²) in [6, 6.07) is 7.87. The van der Waals surface area contributed by atoms with Crippen molar-refractivity contribution in [3.63, 3.8) is 0 Å². The molecule has 2 aromatic rings. The van der Waals surface area contributed by atoms with Crippen molar-refractivity contribution in [2.45, 2.75) is 77.4 Å². The molecule has 2 atom stereocenters. The van der Waals surface area contributed by atoms with Crippen molar-refractivity contribution in [1.29, 1.82) is 0 Å². The Labute approximate surface area is 177 Å². The summed E-state index contributed by atoms with van der Waals surface area (Å²) in [5, 5.41) is 20.3. The number of aliphatic carboxylic acids is 1. The van der Waals surface area contributed by atoms with Gasteiger partial charge < -0.3 is 14.8 Å². The molecule has 5 nitrogen and oxygen atoms in total. The fraction of sp³-hybridized carbons (Fsp3) is 0.565. The van der Waals surface area contributed by atoms with E-state index in [1.807, 2.05) is 28.8 Å². The highest BCUT2D eigenvalue weighted by molar-refractivity contribution is 6.30. The van der Waals surface area contributed by atoms with Crippen molar-refractivity contribution in [1.82, 2.24) is 9.55 Å². The van der Waals surface area contributed by atoms with Crippen LogP contribution in [0.2, 0.25) is 5.15 Å². The topological polar surface area (TPSA) is 75.4 Å². The summed E-state index contributed by atoms with van der Waals surface area (Å²) in [6.07, 6.45) is 6.39. The van der Waals surface area contributed by atoms with Crippen LogP contribution >= 0.6 is 11.6 Å². The molecule has 0 bridgehead atoms. The number of unbranched alkanes of at least 4 members (excludes halogenated alkanes) is 1. The summed E-state index contributed by atoms with van der Waals surface area (Å²) in [5.41, 5.74) is 2.55. The van der Waals surface area contributed by atoms with Gasteiger partial charge in [-0.1, -0.05) is 62.1 Å². The number of carbonyl (C=O) groups is 1. The standard InChI is InChI=1S/C23H31ClN2O3/c1-3-4-9-19-25-22(24)21(15(2)27)26(19)14-16-10-12-18(13-11-16)20(23(28)29)17-7-5-6-8-17/h10-13,15,17,20,27H,3-9,14H2,1-2H3,(H,28,29). The Bertz CT molecular complexity index is 823. The van der Waals surface area contributed by atoms with Crippen LogP contribution in [-0.2, 0) is 17.8 Å². The molecule has 1 aliphatic rings. The Morgan fingerprint density at radius 1 is 1.28 bits per heavy atom. The molecular formula is C23H31ClN2O3. The van der Waals surface area contributed by atoms with E-state index < -0.39 is 18.0 Å². The molecule has 0 amide bonds. The van der Waals surface area contributed by atoms with Gasteiger partial charge in [-0.25, -0.2) is 4.98 Å². The van der Waals surface area contributed by atoms with Crippen LogP contribution in [0.1, 0.15) is 87.0 Å². The van der Waals surface area contributed by atoms with Gasteiger partial charge in [-0.2, -0.15) is 0 Å². The van der Waals surface area contributed by atoms with Gasteiger partial charge in [0.15, 0.2) is 5.15 Å². The fourth-order valence-corrected chi connectivity index (χ4v) is 4.86. The number of rotatable bonds is 9. The number of hydrogen-bond acceptors (Lipinski definition) is 3. The smallest absolute Gasteiger partial charge is 0.311 e. The molecular weight excluding hydrogens is 388 g/mol. The summed E-state index contributed by atoms with van der Waals surface area (Å²) in [6.45, 7) is 4.39. The second kappa shape index (κ2) is 9.77. The first-order valence-electron chi connectivity index (χ1n) is 10.7. The van der Waals surface area contributed by atoms with Crippen LogP contribution in [0.4, 0.5) is 0 Å². The number of hydrogen-bond donors (Lipinski definition) is 2. The maximum absolute atomic E-state index is 11.9. The SMILES string of the molecule is CCCCc1nc(Cl)c(C(C)O)n1Cc1ccc(C(C(=O)O)C2CCCC2)cc1. The number of carboxylic acids is 1. The zero-order valence-electron chi connectivity index (χ0n) is 17.3. The van der Waals surface area contributed by atoms with Gasteiger partial charge in [0.25, 0.3) is 0 Å². The van der Waals surface area contributed by atoms with E-state index in [1.165, 1.54) is 0 Å². The monoisotopic (exact) mass is 418 g/mol. The molecule has 1 heterocycles. The van der Waals surface area contributed by atoms with Crippen molar-refractivity contribution in [3.8, 4) is 0 Å². The third-order valence-corrected chi connectivity index (χ3v) is 6.29. The van der Waals surface area contributed by atoms with Crippen LogP contribution in [-0.4, -0.2) is 25.7 Å². The molecule has 1 aromatic carbocycles.